The number of benzene rings is 2. The van der Waals surface area contributed by atoms with Gasteiger partial charge < -0.3 is 15.0 Å². The summed E-state index contributed by atoms with van der Waals surface area (Å²) in [6.07, 6.45) is 4.76. The van der Waals surface area contributed by atoms with Gasteiger partial charge in [-0.15, -0.1) is 0 Å². The predicted octanol–water partition coefficient (Wildman–Crippen LogP) is 3.76. The highest BCUT2D eigenvalue weighted by molar-refractivity contribution is 6.31. The Kier molecular flexibility index (Phi) is 5.53. The van der Waals surface area contributed by atoms with E-state index in [1.165, 1.54) is 17.5 Å². The molecule has 4 rings (SSSR count). The topological polar surface area (TPSA) is 58.6 Å². The average Bonchev–Trinajstić information content (AvgIpc) is 3.33. The molecular formula is C22H23ClN2O3. The fourth-order valence-electron chi connectivity index (χ4n) is 3.89. The van der Waals surface area contributed by atoms with Crippen LogP contribution in [-0.2, 0) is 17.6 Å². The fraction of sp³-hybridized carbons (Fsp3) is 0.364. The van der Waals surface area contributed by atoms with E-state index in [0.29, 0.717) is 42.4 Å². The molecule has 2 aromatic rings. The summed E-state index contributed by atoms with van der Waals surface area (Å²) in [6, 6.07) is 11.2. The maximum atomic E-state index is 12.7. The molecule has 1 saturated heterocycles. The van der Waals surface area contributed by atoms with Gasteiger partial charge in [-0.05, 0) is 67.1 Å². The maximum absolute atomic E-state index is 12.7. The first-order valence-corrected chi connectivity index (χ1v) is 10.1. The van der Waals surface area contributed by atoms with Gasteiger partial charge in [0, 0.05) is 18.0 Å². The van der Waals surface area contributed by atoms with Gasteiger partial charge in [-0.2, -0.15) is 0 Å². The molecule has 0 radical (unpaired) electrons. The number of hydrogen-bond acceptors (Lipinski definition) is 3. The van der Waals surface area contributed by atoms with Crippen LogP contribution < -0.4 is 15.0 Å². The molecule has 0 spiro atoms. The van der Waals surface area contributed by atoms with Crippen LogP contribution >= 0.6 is 11.6 Å². The summed E-state index contributed by atoms with van der Waals surface area (Å²) >= 11 is 6.09. The Morgan fingerprint density at radius 3 is 2.75 bits per heavy atom. The van der Waals surface area contributed by atoms with Crippen molar-refractivity contribution in [1.82, 2.24) is 5.32 Å². The highest BCUT2D eigenvalue weighted by atomic mass is 35.5. The molecule has 2 aliphatic rings. The van der Waals surface area contributed by atoms with Gasteiger partial charge in [0.15, 0.2) is 0 Å². The summed E-state index contributed by atoms with van der Waals surface area (Å²) in [6.45, 7) is 1.38. The Balaban J connectivity index is 1.36. The van der Waals surface area contributed by atoms with Crippen LogP contribution in [0.15, 0.2) is 36.4 Å². The zero-order valence-electron chi connectivity index (χ0n) is 15.7. The van der Waals surface area contributed by atoms with E-state index >= 15 is 0 Å². The maximum Gasteiger partial charge on any atom is 0.253 e. The summed E-state index contributed by atoms with van der Waals surface area (Å²) in [5, 5.41) is 3.38. The molecule has 5 nitrogen and oxygen atoms in total. The van der Waals surface area contributed by atoms with Gasteiger partial charge in [-0.3, -0.25) is 9.59 Å². The number of hydrogen-bond donors (Lipinski definition) is 1. The zero-order valence-corrected chi connectivity index (χ0v) is 16.4. The number of carbonyl (C=O) groups is 2. The Morgan fingerprint density at radius 1 is 1.07 bits per heavy atom. The predicted molar refractivity (Wildman–Crippen MR) is 109 cm³/mol. The quantitative estimate of drug-likeness (QED) is 0.753. The van der Waals surface area contributed by atoms with Gasteiger partial charge in [0.05, 0.1) is 17.8 Å². The number of nitrogens with zero attached hydrogens (tertiary/aromatic N) is 1. The number of anilines is 1. The molecule has 2 aromatic carbocycles. The van der Waals surface area contributed by atoms with Crippen LogP contribution in [0.25, 0.3) is 0 Å². The molecule has 1 aliphatic carbocycles. The lowest BCUT2D eigenvalue weighted by Crippen LogP contribution is -2.31. The van der Waals surface area contributed by atoms with Crippen molar-refractivity contribution in [3.63, 3.8) is 0 Å². The van der Waals surface area contributed by atoms with Crippen molar-refractivity contribution in [2.75, 3.05) is 24.6 Å². The SMILES string of the molecule is O=C(NCCOc1ccc2c(c1)CCC2)c1ccc(Cl)cc1N1CCCC1=O. The molecule has 0 atom stereocenters. The number of nitrogens with one attached hydrogen (secondary N) is 1. The van der Waals surface area contributed by atoms with Gasteiger partial charge in [-0.1, -0.05) is 17.7 Å². The molecule has 146 valence electrons. The Bertz CT molecular complexity index is 913. The van der Waals surface area contributed by atoms with E-state index in [4.69, 9.17) is 16.3 Å². The number of ether oxygens (including phenoxy) is 1. The molecule has 1 N–H and O–H groups in total. The molecule has 0 bridgehead atoms. The molecule has 2 amide bonds. The minimum atomic E-state index is -0.232. The normalized spacial score (nSPS) is 15.6. The number of rotatable bonds is 6. The Morgan fingerprint density at radius 2 is 1.93 bits per heavy atom. The van der Waals surface area contributed by atoms with Gasteiger partial charge in [0.25, 0.3) is 5.91 Å². The van der Waals surface area contributed by atoms with E-state index < -0.39 is 0 Å². The van der Waals surface area contributed by atoms with Crippen LogP contribution in [0.1, 0.15) is 40.7 Å². The summed E-state index contributed by atoms with van der Waals surface area (Å²) in [5.41, 5.74) is 3.80. The molecule has 0 saturated carbocycles. The molecular weight excluding hydrogens is 376 g/mol. The van der Waals surface area contributed by atoms with Crippen molar-refractivity contribution >= 4 is 29.1 Å². The average molecular weight is 399 g/mol. The number of fused-ring (bicyclic) bond motifs is 1. The summed E-state index contributed by atoms with van der Waals surface area (Å²) in [5.74, 6) is 0.630. The number of carbonyl (C=O) groups excluding carboxylic acids is 2. The first kappa shape index (κ1) is 18.8. The largest absolute Gasteiger partial charge is 0.492 e. The second-order valence-corrected chi connectivity index (χ2v) is 7.64. The van der Waals surface area contributed by atoms with Crippen molar-refractivity contribution in [1.29, 1.82) is 0 Å². The van der Waals surface area contributed by atoms with Crippen molar-refractivity contribution in [3.8, 4) is 5.75 Å². The second kappa shape index (κ2) is 8.23. The van der Waals surface area contributed by atoms with Gasteiger partial charge in [-0.25, -0.2) is 0 Å². The van der Waals surface area contributed by atoms with Crippen LogP contribution in [0.3, 0.4) is 0 Å². The third-order valence-corrected chi connectivity index (χ3v) is 5.53. The van der Waals surface area contributed by atoms with Crippen LogP contribution in [0.2, 0.25) is 5.02 Å². The molecule has 1 heterocycles. The summed E-state index contributed by atoms with van der Waals surface area (Å²) in [7, 11) is 0. The van der Waals surface area contributed by atoms with E-state index in [0.717, 1.165) is 25.0 Å². The van der Waals surface area contributed by atoms with E-state index in [-0.39, 0.29) is 11.8 Å². The molecule has 6 heteroatoms. The smallest absolute Gasteiger partial charge is 0.253 e. The lowest BCUT2D eigenvalue weighted by Gasteiger charge is -2.19. The van der Waals surface area contributed by atoms with Gasteiger partial charge in [0.1, 0.15) is 12.4 Å². The molecule has 0 unspecified atom stereocenters. The van der Waals surface area contributed by atoms with Crippen LogP contribution in [-0.4, -0.2) is 31.5 Å². The second-order valence-electron chi connectivity index (χ2n) is 7.20. The van der Waals surface area contributed by atoms with Crippen molar-refractivity contribution in [2.24, 2.45) is 0 Å². The third-order valence-electron chi connectivity index (χ3n) is 5.29. The summed E-state index contributed by atoms with van der Waals surface area (Å²) in [4.78, 5) is 26.4. The van der Waals surface area contributed by atoms with Crippen LogP contribution in [0.5, 0.6) is 5.75 Å². The van der Waals surface area contributed by atoms with Gasteiger partial charge >= 0.3 is 0 Å². The molecule has 1 fully saturated rings. The van der Waals surface area contributed by atoms with E-state index in [1.54, 1.807) is 23.1 Å². The lowest BCUT2D eigenvalue weighted by atomic mass is 10.1. The molecule has 0 aromatic heterocycles. The Hall–Kier alpha value is -2.53. The number of aryl methyl sites for hydroxylation is 2. The standard InChI is InChI=1S/C22H23ClN2O3/c23-17-7-9-19(20(14-17)25-11-2-5-21(25)26)22(27)24-10-12-28-18-8-6-15-3-1-4-16(15)13-18/h6-9,13-14H,1-5,10-12H2,(H,24,27). The zero-order chi connectivity index (χ0) is 19.5. The lowest BCUT2D eigenvalue weighted by molar-refractivity contribution is -0.117. The van der Waals surface area contributed by atoms with E-state index in [9.17, 15) is 9.59 Å². The van der Waals surface area contributed by atoms with E-state index in [2.05, 4.69) is 17.4 Å². The third kappa shape index (κ3) is 3.99. The minimum absolute atomic E-state index is 0.0243. The monoisotopic (exact) mass is 398 g/mol. The first-order valence-electron chi connectivity index (χ1n) is 9.74. The van der Waals surface area contributed by atoms with Crippen molar-refractivity contribution in [3.05, 3.63) is 58.1 Å². The van der Waals surface area contributed by atoms with Crippen molar-refractivity contribution in [2.45, 2.75) is 32.1 Å². The number of halogens is 1. The summed E-state index contributed by atoms with van der Waals surface area (Å²) < 4.78 is 5.78. The first-order chi connectivity index (χ1) is 13.6. The van der Waals surface area contributed by atoms with E-state index in [1.807, 2.05) is 6.07 Å². The van der Waals surface area contributed by atoms with Crippen molar-refractivity contribution < 1.29 is 14.3 Å². The molecule has 28 heavy (non-hydrogen) atoms. The molecule has 1 aliphatic heterocycles. The van der Waals surface area contributed by atoms with Crippen LogP contribution in [0, 0.1) is 0 Å². The fourth-order valence-corrected chi connectivity index (χ4v) is 4.06. The number of amides is 2. The van der Waals surface area contributed by atoms with Crippen LogP contribution in [0.4, 0.5) is 5.69 Å². The minimum Gasteiger partial charge on any atom is -0.492 e. The highest BCUT2D eigenvalue weighted by Gasteiger charge is 2.26. The van der Waals surface area contributed by atoms with Gasteiger partial charge in [0.2, 0.25) is 5.91 Å². The highest BCUT2D eigenvalue weighted by Crippen LogP contribution is 2.29. The Labute approximate surface area is 169 Å².